The average Bonchev–Trinajstić information content (AvgIpc) is 3.07. The summed E-state index contributed by atoms with van der Waals surface area (Å²) in [5.41, 5.74) is 0.850. The van der Waals surface area contributed by atoms with Crippen molar-refractivity contribution in [2.45, 2.75) is 50.8 Å². The zero-order chi connectivity index (χ0) is 15.6. The molecule has 2 fully saturated rings. The predicted octanol–water partition coefficient (Wildman–Crippen LogP) is 2.24. The molecule has 0 aromatic heterocycles. The van der Waals surface area contributed by atoms with Crippen molar-refractivity contribution in [1.82, 2.24) is 4.72 Å². The third kappa shape index (κ3) is 3.33. The Morgan fingerprint density at radius 2 is 1.91 bits per heavy atom. The molecule has 1 saturated carbocycles. The predicted molar refractivity (Wildman–Crippen MR) is 80.0 cm³/mol. The van der Waals surface area contributed by atoms with E-state index in [2.05, 4.69) is 4.72 Å². The quantitative estimate of drug-likeness (QED) is 0.898. The Labute approximate surface area is 131 Å². The summed E-state index contributed by atoms with van der Waals surface area (Å²) in [6.07, 6.45) is 2.02. The van der Waals surface area contributed by atoms with Gasteiger partial charge in [0.25, 0.3) is 0 Å². The molecule has 2 atom stereocenters. The molecule has 1 aliphatic carbocycles. The van der Waals surface area contributed by atoms with Crippen LogP contribution in [0.15, 0.2) is 30.3 Å². The maximum absolute atomic E-state index is 11.9. The summed E-state index contributed by atoms with van der Waals surface area (Å²) in [4.78, 5) is 0. The molecule has 1 saturated heterocycles. The van der Waals surface area contributed by atoms with Crippen molar-refractivity contribution in [2.24, 2.45) is 0 Å². The van der Waals surface area contributed by atoms with Crippen LogP contribution in [0.4, 0.5) is 0 Å². The summed E-state index contributed by atoms with van der Waals surface area (Å²) in [7, 11) is -3.86. The number of rotatable bonds is 5. The molecule has 1 aromatic carbocycles. The minimum atomic E-state index is -3.86. The van der Waals surface area contributed by atoms with E-state index in [0.29, 0.717) is 0 Å². The van der Waals surface area contributed by atoms with Crippen LogP contribution in [-0.4, -0.2) is 27.0 Å². The standard InChI is InChI=1S/C15H21NO5S/c1-2-16-22(17,18)21-14-13(12-8-4-3-5-9-12)19-15(20-14)10-6-7-11-15/h3-5,8-9,13-14,16H,2,6-7,10-11H2,1H3. The maximum atomic E-state index is 11.9. The molecule has 6 nitrogen and oxygen atoms in total. The number of benzene rings is 1. The van der Waals surface area contributed by atoms with Crippen LogP contribution in [0.5, 0.6) is 0 Å². The number of ether oxygens (including phenoxy) is 2. The summed E-state index contributed by atoms with van der Waals surface area (Å²) in [5.74, 6) is -0.715. The van der Waals surface area contributed by atoms with Gasteiger partial charge in [0.1, 0.15) is 6.10 Å². The first-order valence-electron chi connectivity index (χ1n) is 7.62. The molecule has 0 amide bonds. The van der Waals surface area contributed by atoms with E-state index < -0.39 is 28.5 Å². The lowest BCUT2D eigenvalue weighted by molar-refractivity contribution is -0.188. The van der Waals surface area contributed by atoms with E-state index >= 15 is 0 Å². The first kappa shape index (κ1) is 15.9. The van der Waals surface area contributed by atoms with Crippen molar-refractivity contribution >= 4 is 10.3 Å². The van der Waals surface area contributed by atoms with Crippen LogP contribution in [0, 0.1) is 0 Å². The van der Waals surface area contributed by atoms with E-state index in [1.54, 1.807) is 6.92 Å². The maximum Gasteiger partial charge on any atom is 0.338 e. The highest BCUT2D eigenvalue weighted by atomic mass is 32.2. The third-order valence-electron chi connectivity index (χ3n) is 3.96. The third-order valence-corrected chi connectivity index (χ3v) is 5.04. The monoisotopic (exact) mass is 327 g/mol. The fraction of sp³-hybridized carbons (Fsp3) is 0.600. The molecule has 2 unspecified atom stereocenters. The highest BCUT2D eigenvalue weighted by molar-refractivity contribution is 7.84. The lowest BCUT2D eigenvalue weighted by atomic mass is 10.1. The van der Waals surface area contributed by atoms with Gasteiger partial charge in [0.05, 0.1) is 0 Å². The smallest absolute Gasteiger partial charge is 0.337 e. The van der Waals surface area contributed by atoms with Crippen LogP contribution < -0.4 is 4.72 Å². The molecule has 0 radical (unpaired) electrons. The van der Waals surface area contributed by atoms with Crippen molar-refractivity contribution in [3.63, 3.8) is 0 Å². The van der Waals surface area contributed by atoms with Gasteiger partial charge in [0.2, 0.25) is 6.29 Å². The van der Waals surface area contributed by atoms with Gasteiger partial charge in [0, 0.05) is 19.4 Å². The second-order valence-corrected chi connectivity index (χ2v) is 6.99. The van der Waals surface area contributed by atoms with Crippen molar-refractivity contribution in [2.75, 3.05) is 6.54 Å². The van der Waals surface area contributed by atoms with Crippen LogP contribution >= 0.6 is 0 Å². The van der Waals surface area contributed by atoms with E-state index in [1.165, 1.54) is 0 Å². The molecule has 3 rings (SSSR count). The van der Waals surface area contributed by atoms with Crippen molar-refractivity contribution in [1.29, 1.82) is 0 Å². The highest BCUT2D eigenvalue weighted by Gasteiger charge is 2.51. The summed E-state index contributed by atoms with van der Waals surface area (Å²) < 4.78 is 43.3. The van der Waals surface area contributed by atoms with Crippen molar-refractivity contribution < 1.29 is 22.1 Å². The second kappa shape index (κ2) is 6.25. The molecule has 1 heterocycles. The van der Waals surface area contributed by atoms with Gasteiger partial charge >= 0.3 is 10.3 Å². The lowest BCUT2D eigenvalue weighted by Gasteiger charge is -2.21. The van der Waals surface area contributed by atoms with Gasteiger partial charge in [-0.05, 0) is 18.4 Å². The average molecular weight is 327 g/mol. The molecular formula is C15H21NO5S. The number of hydrogen-bond donors (Lipinski definition) is 1. The summed E-state index contributed by atoms with van der Waals surface area (Å²) >= 11 is 0. The van der Waals surface area contributed by atoms with Crippen LogP contribution in [-0.2, 0) is 24.0 Å². The normalized spacial score (nSPS) is 27.5. The van der Waals surface area contributed by atoms with Gasteiger partial charge in [-0.3, -0.25) is 0 Å². The van der Waals surface area contributed by atoms with E-state index in [0.717, 1.165) is 31.2 Å². The Balaban J connectivity index is 1.84. The first-order valence-corrected chi connectivity index (χ1v) is 9.03. The Morgan fingerprint density at radius 3 is 2.55 bits per heavy atom. The van der Waals surface area contributed by atoms with Gasteiger partial charge in [0.15, 0.2) is 5.79 Å². The largest absolute Gasteiger partial charge is 0.338 e. The number of nitrogens with one attached hydrogen (secondary N) is 1. The van der Waals surface area contributed by atoms with Crippen LogP contribution in [0.3, 0.4) is 0 Å². The Kier molecular flexibility index (Phi) is 4.52. The zero-order valence-electron chi connectivity index (χ0n) is 12.5. The van der Waals surface area contributed by atoms with Crippen LogP contribution in [0.2, 0.25) is 0 Å². The Bertz CT molecular complexity index is 598. The molecule has 1 spiro atoms. The highest BCUT2D eigenvalue weighted by Crippen LogP contribution is 2.47. The molecule has 2 aliphatic rings. The summed E-state index contributed by atoms with van der Waals surface area (Å²) in [5, 5.41) is 0. The van der Waals surface area contributed by atoms with Crippen molar-refractivity contribution in [3.8, 4) is 0 Å². The molecule has 0 bridgehead atoms. The summed E-state index contributed by atoms with van der Waals surface area (Å²) in [6, 6.07) is 9.44. The van der Waals surface area contributed by atoms with E-state index in [4.69, 9.17) is 13.7 Å². The van der Waals surface area contributed by atoms with Crippen LogP contribution in [0.1, 0.15) is 44.3 Å². The molecular weight excluding hydrogens is 306 g/mol. The molecule has 122 valence electrons. The molecule has 1 aliphatic heterocycles. The zero-order valence-corrected chi connectivity index (χ0v) is 13.3. The second-order valence-electron chi connectivity index (χ2n) is 5.60. The number of hydrogen-bond acceptors (Lipinski definition) is 5. The van der Waals surface area contributed by atoms with Gasteiger partial charge in [-0.1, -0.05) is 37.3 Å². The minimum absolute atomic E-state index is 0.261. The fourth-order valence-electron chi connectivity index (χ4n) is 3.01. The SMILES string of the molecule is CCNS(=O)(=O)OC1OC2(CCCC2)OC1c1ccccc1. The Hall–Kier alpha value is -0.990. The van der Waals surface area contributed by atoms with E-state index in [1.807, 2.05) is 30.3 Å². The molecule has 7 heteroatoms. The fourth-order valence-corrected chi connectivity index (χ4v) is 3.82. The van der Waals surface area contributed by atoms with Crippen molar-refractivity contribution in [3.05, 3.63) is 35.9 Å². The van der Waals surface area contributed by atoms with Crippen LogP contribution in [0.25, 0.3) is 0 Å². The first-order chi connectivity index (χ1) is 10.5. The topological polar surface area (TPSA) is 73.9 Å². The van der Waals surface area contributed by atoms with E-state index in [-0.39, 0.29) is 6.54 Å². The lowest BCUT2D eigenvalue weighted by Crippen LogP contribution is -2.33. The molecule has 1 aromatic rings. The van der Waals surface area contributed by atoms with Gasteiger partial charge < -0.3 is 9.47 Å². The van der Waals surface area contributed by atoms with E-state index in [9.17, 15) is 8.42 Å². The van der Waals surface area contributed by atoms with Gasteiger partial charge in [-0.25, -0.2) is 4.18 Å². The summed E-state index contributed by atoms with van der Waals surface area (Å²) in [6.45, 7) is 1.96. The molecule has 22 heavy (non-hydrogen) atoms. The van der Waals surface area contributed by atoms with Gasteiger partial charge in [-0.2, -0.15) is 13.1 Å². The molecule has 1 N–H and O–H groups in total. The van der Waals surface area contributed by atoms with Gasteiger partial charge in [-0.15, -0.1) is 0 Å². The minimum Gasteiger partial charge on any atom is -0.337 e. The Morgan fingerprint density at radius 1 is 1.23 bits per heavy atom.